The van der Waals surface area contributed by atoms with Crippen molar-refractivity contribution in [3.63, 3.8) is 0 Å². The third-order valence-corrected chi connectivity index (χ3v) is 6.19. The molecule has 3 unspecified atom stereocenters. The molecule has 2 nitrogen and oxygen atoms in total. The molecule has 1 saturated heterocycles. The summed E-state index contributed by atoms with van der Waals surface area (Å²) < 4.78 is 0. The third kappa shape index (κ3) is 4.25. The Morgan fingerprint density at radius 2 is 1.91 bits per heavy atom. The van der Waals surface area contributed by atoms with Crippen LogP contribution < -0.4 is 0 Å². The van der Waals surface area contributed by atoms with Crippen LogP contribution in [0.15, 0.2) is 0 Å². The van der Waals surface area contributed by atoms with Gasteiger partial charge in [-0.3, -0.25) is 4.90 Å². The third-order valence-electron chi connectivity index (χ3n) is 6.19. The van der Waals surface area contributed by atoms with Gasteiger partial charge in [0.2, 0.25) is 0 Å². The molecular formula is C20H36N2. The molecule has 0 radical (unpaired) electrons. The number of nitriles is 1. The van der Waals surface area contributed by atoms with E-state index in [2.05, 4.69) is 31.7 Å². The fourth-order valence-corrected chi connectivity index (χ4v) is 5.17. The zero-order valence-corrected chi connectivity index (χ0v) is 15.1. The molecule has 2 aliphatic rings. The highest BCUT2D eigenvalue weighted by Gasteiger charge is 2.46. The molecular weight excluding hydrogens is 268 g/mol. The van der Waals surface area contributed by atoms with Gasteiger partial charge in [0, 0.05) is 18.0 Å². The van der Waals surface area contributed by atoms with Crippen molar-refractivity contribution >= 4 is 0 Å². The number of nitrogens with zero attached hydrogens (tertiary/aromatic N) is 2. The predicted molar refractivity (Wildman–Crippen MR) is 93.6 cm³/mol. The first-order valence-electron chi connectivity index (χ1n) is 9.74. The van der Waals surface area contributed by atoms with E-state index in [9.17, 15) is 0 Å². The van der Waals surface area contributed by atoms with Gasteiger partial charge in [-0.2, -0.15) is 5.26 Å². The molecule has 0 N–H and O–H groups in total. The van der Waals surface area contributed by atoms with Crippen molar-refractivity contribution in [3.8, 4) is 6.07 Å². The van der Waals surface area contributed by atoms with E-state index in [4.69, 9.17) is 5.26 Å². The number of hydrogen-bond acceptors (Lipinski definition) is 2. The fourth-order valence-electron chi connectivity index (χ4n) is 5.17. The summed E-state index contributed by atoms with van der Waals surface area (Å²) in [6.45, 7) is 8.48. The van der Waals surface area contributed by atoms with Gasteiger partial charge in [0.1, 0.15) is 0 Å². The summed E-state index contributed by atoms with van der Waals surface area (Å²) in [6.07, 6.45) is 14.3. The van der Waals surface area contributed by atoms with E-state index in [0.29, 0.717) is 5.54 Å². The van der Waals surface area contributed by atoms with Gasteiger partial charge in [-0.25, -0.2) is 0 Å². The summed E-state index contributed by atoms with van der Waals surface area (Å²) in [7, 11) is 0. The van der Waals surface area contributed by atoms with Crippen LogP contribution in [0.3, 0.4) is 0 Å². The van der Waals surface area contributed by atoms with Gasteiger partial charge in [-0.1, -0.05) is 39.0 Å². The molecule has 3 atom stereocenters. The maximum Gasteiger partial charge on any atom is 0.0621 e. The van der Waals surface area contributed by atoms with Gasteiger partial charge < -0.3 is 0 Å². The van der Waals surface area contributed by atoms with Gasteiger partial charge >= 0.3 is 0 Å². The van der Waals surface area contributed by atoms with Gasteiger partial charge in [0.15, 0.2) is 0 Å². The molecule has 126 valence electrons. The van der Waals surface area contributed by atoms with Crippen molar-refractivity contribution in [1.82, 2.24) is 4.90 Å². The van der Waals surface area contributed by atoms with Crippen LogP contribution in [0.4, 0.5) is 0 Å². The molecule has 0 aromatic carbocycles. The van der Waals surface area contributed by atoms with Crippen molar-refractivity contribution in [2.75, 3.05) is 6.54 Å². The van der Waals surface area contributed by atoms with Gasteiger partial charge in [0.25, 0.3) is 0 Å². The minimum absolute atomic E-state index is 0.351. The Bertz CT molecular complexity index is 368. The molecule has 0 bridgehead atoms. The monoisotopic (exact) mass is 304 g/mol. The molecule has 1 saturated carbocycles. The number of fused-ring (bicyclic) bond motifs is 1. The number of rotatable bonds is 7. The zero-order valence-electron chi connectivity index (χ0n) is 15.1. The van der Waals surface area contributed by atoms with Crippen LogP contribution in [0.2, 0.25) is 0 Å². The van der Waals surface area contributed by atoms with E-state index in [1.807, 2.05) is 0 Å². The van der Waals surface area contributed by atoms with E-state index in [1.165, 1.54) is 64.3 Å². The summed E-state index contributed by atoms with van der Waals surface area (Å²) >= 11 is 0. The van der Waals surface area contributed by atoms with Crippen molar-refractivity contribution < 1.29 is 0 Å². The topological polar surface area (TPSA) is 27.0 Å². The Morgan fingerprint density at radius 3 is 2.64 bits per heavy atom. The Hall–Kier alpha value is -0.550. The average molecular weight is 305 g/mol. The van der Waals surface area contributed by atoms with E-state index in [0.717, 1.165) is 30.7 Å². The lowest BCUT2D eigenvalue weighted by Crippen LogP contribution is -2.60. The predicted octanol–water partition coefficient (Wildman–Crippen LogP) is 5.53. The molecule has 0 aromatic rings. The van der Waals surface area contributed by atoms with Gasteiger partial charge in [0.05, 0.1) is 6.07 Å². The van der Waals surface area contributed by atoms with Crippen LogP contribution in [0.5, 0.6) is 0 Å². The highest BCUT2D eigenvalue weighted by molar-refractivity contribution is 5.00. The summed E-state index contributed by atoms with van der Waals surface area (Å²) in [4.78, 5) is 2.84. The van der Waals surface area contributed by atoms with Crippen molar-refractivity contribution in [1.29, 1.82) is 5.26 Å². The van der Waals surface area contributed by atoms with E-state index in [1.54, 1.807) is 0 Å². The van der Waals surface area contributed by atoms with E-state index >= 15 is 0 Å². The van der Waals surface area contributed by atoms with Crippen molar-refractivity contribution in [3.05, 3.63) is 0 Å². The van der Waals surface area contributed by atoms with Crippen LogP contribution in [-0.4, -0.2) is 23.0 Å². The van der Waals surface area contributed by atoms with Crippen LogP contribution >= 0.6 is 0 Å². The SMILES string of the molecule is CCCCC1CC(C)(C)N(CCCCC#N)C2CCCCC12. The van der Waals surface area contributed by atoms with Gasteiger partial charge in [-0.05, 0) is 64.3 Å². The van der Waals surface area contributed by atoms with Crippen LogP contribution in [-0.2, 0) is 0 Å². The summed E-state index contributed by atoms with van der Waals surface area (Å²) in [5, 5.41) is 8.75. The molecule has 1 aliphatic carbocycles. The minimum Gasteiger partial charge on any atom is -0.295 e. The summed E-state index contributed by atoms with van der Waals surface area (Å²) in [5.74, 6) is 1.90. The highest BCUT2D eigenvalue weighted by atomic mass is 15.2. The lowest BCUT2D eigenvalue weighted by Gasteiger charge is -2.56. The largest absolute Gasteiger partial charge is 0.295 e. The fraction of sp³-hybridized carbons (Fsp3) is 0.950. The van der Waals surface area contributed by atoms with Crippen molar-refractivity contribution in [2.45, 2.75) is 103 Å². The molecule has 2 fully saturated rings. The Morgan fingerprint density at radius 1 is 1.14 bits per heavy atom. The highest BCUT2D eigenvalue weighted by Crippen LogP contribution is 2.47. The second-order valence-corrected chi connectivity index (χ2v) is 8.24. The van der Waals surface area contributed by atoms with Crippen LogP contribution in [0.25, 0.3) is 0 Å². The zero-order chi connectivity index (χ0) is 16.0. The quantitative estimate of drug-likeness (QED) is 0.578. The summed E-state index contributed by atoms with van der Waals surface area (Å²) in [5.41, 5.74) is 0.351. The number of hydrogen-bond donors (Lipinski definition) is 0. The first-order chi connectivity index (χ1) is 10.6. The second kappa shape index (κ2) is 8.34. The normalized spacial score (nSPS) is 31.5. The van der Waals surface area contributed by atoms with Crippen LogP contribution in [0, 0.1) is 23.2 Å². The maximum atomic E-state index is 8.75. The molecule has 0 aromatic heterocycles. The smallest absolute Gasteiger partial charge is 0.0621 e. The second-order valence-electron chi connectivity index (χ2n) is 8.24. The first kappa shape index (κ1) is 17.8. The standard InChI is InChI=1S/C20H36N2/c1-4-5-11-17-16-20(2,3)22(15-10-6-9-14-21)19-13-8-7-12-18(17)19/h17-19H,4-13,15-16H2,1-3H3. The lowest BCUT2D eigenvalue weighted by molar-refractivity contribution is -0.0660. The van der Waals surface area contributed by atoms with Crippen molar-refractivity contribution in [2.24, 2.45) is 11.8 Å². The Labute approximate surface area is 138 Å². The lowest BCUT2D eigenvalue weighted by atomic mass is 9.65. The van der Waals surface area contributed by atoms with E-state index in [-0.39, 0.29) is 0 Å². The first-order valence-corrected chi connectivity index (χ1v) is 9.74. The Balaban J connectivity index is 2.04. The molecule has 0 spiro atoms. The molecule has 2 rings (SSSR count). The molecule has 22 heavy (non-hydrogen) atoms. The molecule has 1 aliphatic heterocycles. The maximum absolute atomic E-state index is 8.75. The minimum atomic E-state index is 0.351. The van der Waals surface area contributed by atoms with Gasteiger partial charge in [-0.15, -0.1) is 0 Å². The average Bonchev–Trinajstić information content (AvgIpc) is 2.51. The number of likely N-dealkylation sites (tertiary alicyclic amines) is 1. The number of unbranched alkanes of at least 4 members (excludes halogenated alkanes) is 3. The molecule has 2 heteroatoms. The Kier molecular flexibility index (Phi) is 6.75. The number of piperidine rings is 1. The van der Waals surface area contributed by atoms with E-state index < -0.39 is 0 Å². The molecule has 0 amide bonds. The molecule has 1 heterocycles. The summed E-state index contributed by atoms with van der Waals surface area (Å²) in [6, 6.07) is 3.11. The van der Waals surface area contributed by atoms with Crippen LogP contribution in [0.1, 0.15) is 91.4 Å².